The lowest BCUT2D eigenvalue weighted by Gasteiger charge is -2.09. The van der Waals surface area contributed by atoms with Crippen LogP contribution in [0.25, 0.3) is 0 Å². The van der Waals surface area contributed by atoms with E-state index in [1.807, 2.05) is 19.9 Å². The largest absolute Gasteiger partial charge is 0.352 e. The van der Waals surface area contributed by atoms with Gasteiger partial charge in [-0.2, -0.15) is 0 Å². The molecular formula is C18H22N2O3S. The highest BCUT2D eigenvalue weighted by Crippen LogP contribution is 2.17. The van der Waals surface area contributed by atoms with Gasteiger partial charge in [-0.1, -0.05) is 25.5 Å². The van der Waals surface area contributed by atoms with Crippen LogP contribution in [-0.4, -0.2) is 20.9 Å². The Morgan fingerprint density at radius 3 is 2.42 bits per heavy atom. The van der Waals surface area contributed by atoms with Crippen molar-refractivity contribution in [2.24, 2.45) is 0 Å². The normalized spacial score (nSPS) is 11.1. The standard InChI is InChI=1S/C18H22N2O3S/c1-3-4-12-19-18(21)15-8-10-17(11-9-15)24(22,23)20-16-7-5-6-14(2)13-16/h5-11,13,20H,3-4,12H2,1-2H3,(H,19,21). The van der Waals surface area contributed by atoms with Crippen LogP contribution in [0, 0.1) is 6.92 Å². The Morgan fingerprint density at radius 2 is 1.79 bits per heavy atom. The predicted molar refractivity (Wildman–Crippen MR) is 95.7 cm³/mol. The molecule has 0 atom stereocenters. The Labute approximate surface area is 143 Å². The minimum absolute atomic E-state index is 0.120. The summed E-state index contributed by atoms with van der Waals surface area (Å²) >= 11 is 0. The third-order valence-corrected chi connectivity index (χ3v) is 4.91. The summed E-state index contributed by atoms with van der Waals surface area (Å²) < 4.78 is 27.3. The Hall–Kier alpha value is -2.34. The minimum Gasteiger partial charge on any atom is -0.352 e. The van der Waals surface area contributed by atoms with Crippen molar-refractivity contribution >= 4 is 21.6 Å². The SMILES string of the molecule is CCCCNC(=O)c1ccc(S(=O)(=O)Nc2cccc(C)c2)cc1. The minimum atomic E-state index is -3.68. The van der Waals surface area contributed by atoms with Crippen LogP contribution in [0.5, 0.6) is 0 Å². The van der Waals surface area contributed by atoms with Gasteiger partial charge in [0.25, 0.3) is 15.9 Å². The summed E-state index contributed by atoms with van der Waals surface area (Å²) in [6.07, 6.45) is 1.92. The van der Waals surface area contributed by atoms with Crippen LogP contribution in [0.1, 0.15) is 35.7 Å². The average Bonchev–Trinajstić information content (AvgIpc) is 2.55. The third-order valence-electron chi connectivity index (χ3n) is 3.51. The lowest BCUT2D eigenvalue weighted by Crippen LogP contribution is -2.24. The molecule has 6 heteroatoms. The molecule has 24 heavy (non-hydrogen) atoms. The summed E-state index contributed by atoms with van der Waals surface area (Å²) in [4.78, 5) is 12.1. The lowest BCUT2D eigenvalue weighted by atomic mass is 10.2. The molecule has 0 bridgehead atoms. The highest BCUT2D eigenvalue weighted by Gasteiger charge is 2.15. The number of sulfonamides is 1. The maximum atomic E-state index is 12.4. The quantitative estimate of drug-likeness (QED) is 0.755. The van der Waals surface area contributed by atoms with Gasteiger partial charge in [0.05, 0.1) is 4.90 Å². The van der Waals surface area contributed by atoms with Crippen LogP contribution >= 0.6 is 0 Å². The van der Waals surface area contributed by atoms with E-state index in [4.69, 9.17) is 0 Å². The van der Waals surface area contributed by atoms with Crippen molar-refractivity contribution in [1.82, 2.24) is 5.32 Å². The fourth-order valence-corrected chi connectivity index (χ4v) is 3.24. The highest BCUT2D eigenvalue weighted by molar-refractivity contribution is 7.92. The summed E-state index contributed by atoms with van der Waals surface area (Å²) in [6.45, 7) is 4.56. The molecule has 0 aliphatic heterocycles. The number of aryl methyl sites for hydroxylation is 1. The van der Waals surface area contributed by atoms with Crippen LogP contribution in [0.2, 0.25) is 0 Å². The van der Waals surface area contributed by atoms with E-state index < -0.39 is 10.0 Å². The first-order valence-corrected chi connectivity index (χ1v) is 9.38. The van der Waals surface area contributed by atoms with Crippen molar-refractivity contribution in [3.05, 3.63) is 59.7 Å². The molecule has 1 amide bonds. The molecule has 2 aromatic rings. The topological polar surface area (TPSA) is 75.3 Å². The number of benzene rings is 2. The molecule has 5 nitrogen and oxygen atoms in total. The Morgan fingerprint density at radius 1 is 1.08 bits per heavy atom. The monoisotopic (exact) mass is 346 g/mol. The molecule has 0 aliphatic rings. The van der Waals surface area contributed by atoms with E-state index in [1.165, 1.54) is 24.3 Å². The van der Waals surface area contributed by atoms with Crippen LogP contribution in [-0.2, 0) is 10.0 Å². The van der Waals surface area contributed by atoms with Crippen molar-refractivity contribution in [2.45, 2.75) is 31.6 Å². The summed E-state index contributed by atoms with van der Waals surface area (Å²) in [6, 6.07) is 13.0. The van der Waals surface area contributed by atoms with Crippen molar-refractivity contribution in [3.63, 3.8) is 0 Å². The van der Waals surface area contributed by atoms with Gasteiger partial charge in [-0.15, -0.1) is 0 Å². The maximum Gasteiger partial charge on any atom is 0.261 e. The molecule has 0 radical (unpaired) electrons. The molecule has 0 saturated carbocycles. The summed E-state index contributed by atoms with van der Waals surface area (Å²) in [5.74, 6) is -0.195. The first-order chi connectivity index (χ1) is 11.4. The molecule has 0 spiro atoms. The van der Waals surface area contributed by atoms with Gasteiger partial charge in [0, 0.05) is 17.8 Å². The molecule has 2 N–H and O–H groups in total. The first-order valence-electron chi connectivity index (χ1n) is 7.90. The zero-order valence-corrected chi connectivity index (χ0v) is 14.7. The third kappa shape index (κ3) is 4.83. The van der Waals surface area contributed by atoms with Crippen LogP contribution < -0.4 is 10.0 Å². The molecule has 0 fully saturated rings. The second-order valence-corrected chi connectivity index (χ2v) is 7.29. The van der Waals surface area contributed by atoms with Gasteiger partial charge in [0.2, 0.25) is 0 Å². The van der Waals surface area contributed by atoms with Gasteiger partial charge < -0.3 is 5.32 Å². The van der Waals surface area contributed by atoms with E-state index in [0.717, 1.165) is 18.4 Å². The van der Waals surface area contributed by atoms with Crippen LogP contribution in [0.15, 0.2) is 53.4 Å². The van der Waals surface area contributed by atoms with Gasteiger partial charge in [0.1, 0.15) is 0 Å². The van der Waals surface area contributed by atoms with Crippen molar-refractivity contribution in [3.8, 4) is 0 Å². The average molecular weight is 346 g/mol. The van der Waals surface area contributed by atoms with E-state index in [1.54, 1.807) is 18.2 Å². The van der Waals surface area contributed by atoms with Gasteiger partial charge >= 0.3 is 0 Å². The molecule has 0 saturated heterocycles. The van der Waals surface area contributed by atoms with Gasteiger partial charge in [-0.05, 0) is 55.3 Å². The van der Waals surface area contributed by atoms with Gasteiger partial charge in [-0.3, -0.25) is 9.52 Å². The number of carbonyl (C=O) groups excluding carboxylic acids is 1. The molecule has 128 valence electrons. The van der Waals surface area contributed by atoms with Crippen LogP contribution in [0.4, 0.5) is 5.69 Å². The van der Waals surface area contributed by atoms with E-state index in [2.05, 4.69) is 10.0 Å². The van der Waals surface area contributed by atoms with E-state index in [9.17, 15) is 13.2 Å². The number of hydrogen-bond acceptors (Lipinski definition) is 3. The second kappa shape index (κ2) is 7.97. The number of rotatable bonds is 7. The fourth-order valence-electron chi connectivity index (χ4n) is 2.19. The second-order valence-electron chi connectivity index (χ2n) is 5.61. The number of anilines is 1. The Kier molecular flexibility index (Phi) is 5.98. The molecule has 0 aromatic heterocycles. The zero-order valence-electron chi connectivity index (χ0n) is 13.9. The van der Waals surface area contributed by atoms with Crippen molar-refractivity contribution in [2.75, 3.05) is 11.3 Å². The molecule has 0 unspecified atom stereocenters. The van der Waals surface area contributed by atoms with Gasteiger partial charge in [-0.25, -0.2) is 8.42 Å². The predicted octanol–water partition coefficient (Wildman–Crippen LogP) is 3.33. The maximum absolute atomic E-state index is 12.4. The van der Waals surface area contributed by atoms with E-state index in [0.29, 0.717) is 17.8 Å². The Bertz CT molecular complexity index is 799. The molecule has 2 aromatic carbocycles. The zero-order chi connectivity index (χ0) is 17.6. The van der Waals surface area contributed by atoms with Crippen LogP contribution in [0.3, 0.4) is 0 Å². The number of amides is 1. The fraction of sp³-hybridized carbons (Fsp3) is 0.278. The first kappa shape index (κ1) is 18.0. The van der Waals surface area contributed by atoms with Gasteiger partial charge in [0.15, 0.2) is 0 Å². The smallest absolute Gasteiger partial charge is 0.261 e. The summed E-state index contributed by atoms with van der Waals surface area (Å²) in [7, 11) is -3.68. The number of unbranched alkanes of at least 4 members (excludes halogenated alkanes) is 1. The van der Waals surface area contributed by atoms with E-state index in [-0.39, 0.29) is 10.8 Å². The number of carbonyl (C=O) groups is 1. The molecule has 0 heterocycles. The van der Waals surface area contributed by atoms with Crippen molar-refractivity contribution < 1.29 is 13.2 Å². The molecule has 2 rings (SSSR count). The summed E-state index contributed by atoms with van der Waals surface area (Å²) in [5, 5.41) is 2.80. The Balaban J connectivity index is 2.10. The van der Waals surface area contributed by atoms with Crippen molar-refractivity contribution in [1.29, 1.82) is 0 Å². The lowest BCUT2D eigenvalue weighted by molar-refractivity contribution is 0.0953. The summed E-state index contributed by atoms with van der Waals surface area (Å²) in [5.41, 5.74) is 1.92. The number of hydrogen-bond donors (Lipinski definition) is 2. The molecule has 0 aliphatic carbocycles. The van der Waals surface area contributed by atoms with E-state index >= 15 is 0 Å². The number of nitrogens with one attached hydrogen (secondary N) is 2. The molecular weight excluding hydrogens is 324 g/mol. The highest BCUT2D eigenvalue weighted by atomic mass is 32.2.